The molecule has 0 saturated carbocycles. The largest absolute Gasteiger partial charge is 0.377 e. The molecule has 2 amide bonds. The molecule has 3 saturated heterocycles. The van der Waals surface area contributed by atoms with Gasteiger partial charge < -0.3 is 30.1 Å². The number of morpholine rings is 1. The number of benzene rings is 2. The monoisotopic (exact) mass is 582 g/mol. The van der Waals surface area contributed by atoms with Gasteiger partial charge in [0.05, 0.1) is 31.0 Å². The second kappa shape index (κ2) is 12.1. The number of anilines is 4. The smallest absolute Gasteiger partial charge is 0.323 e. The molecular weight excluding hydrogens is 540 g/mol. The van der Waals surface area contributed by atoms with Crippen molar-refractivity contribution in [1.29, 1.82) is 0 Å². The van der Waals surface area contributed by atoms with Gasteiger partial charge in [-0.05, 0) is 81.4 Å². The van der Waals surface area contributed by atoms with Crippen LogP contribution in [0.4, 0.5) is 27.7 Å². The molecule has 10 heteroatoms. The van der Waals surface area contributed by atoms with Crippen LogP contribution in [0.2, 0.25) is 0 Å². The average molecular weight is 583 g/mol. The molecule has 226 valence electrons. The first-order valence-electron chi connectivity index (χ1n) is 15.7. The number of ether oxygens (including phenoxy) is 1. The number of urea groups is 1. The molecular formula is C33H42N8O2. The number of nitrogens with one attached hydrogen (secondary N) is 2. The predicted molar refractivity (Wildman–Crippen MR) is 171 cm³/mol. The Hall–Kier alpha value is -3.73. The molecule has 2 unspecified atom stereocenters. The molecule has 3 fully saturated rings. The van der Waals surface area contributed by atoms with E-state index in [9.17, 15) is 4.79 Å². The molecule has 2 atom stereocenters. The third-order valence-electron chi connectivity index (χ3n) is 9.45. The summed E-state index contributed by atoms with van der Waals surface area (Å²) in [7, 11) is 2.16. The molecule has 7 rings (SSSR count). The van der Waals surface area contributed by atoms with Gasteiger partial charge in [-0.2, -0.15) is 0 Å². The highest BCUT2D eigenvalue weighted by atomic mass is 16.5. The first-order chi connectivity index (χ1) is 21.0. The summed E-state index contributed by atoms with van der Waals surface area (Å²) in [5, 5.41) is 5.92. The Labute approximate surface area is 254 Å². The molecule has 10 nitrogen and oxygen atoms in total. The van der Waals surface area contributed by atoms with Gasteiger partial charge in [0.2, 0.25) is 0 Å². The molecule has 43 heavy (non-hydrogen) atoms. The van der Waals surface area contributed by atoms with Crippen molar-refractivity contribution in [2.24, 2.45) is 0 Å². The van der Waals surface area contributed by atoms with Crippen LogP contribution in [0.15, 0.2) is 48.5 Å². The summed E-state index contributed by atoms with van der Waals surface area (Å²) in [5.41, 5.74) is 6.06. The van der Waals surface area contributed by atoms with Crippen molar-refractivity contribution < 1.29 is 9.53 Å². The van der Waals surface area contributed by atoms with Crippen LogP contribution in [-0.2, 0) is 17.7 Å². The van der Waals surface area contributed by atoms with E-state index in [2.05, 4.69) is 56.3 Å². The molecule has 2 N–H and O–H groups in total. The van der Waals surface area contributed by atoms with Crippen LogP contribution >= 0.6 is 0 Å². The summed E-state index contributed by atoms with van der Waals surface area (Å²) < 4.78 is 5.88. The zero-order chi connectivity index (χ0) is 29.3. The minimum Gasteiger partial charge on any atom is -0.377 e. The van der Waals surface area contributed by atoms with Gasteiger partial charge in [0.25, 0.3) is 0 Å². The number of hydrogen-bond acceptors (Lipinski definition) is 8. The van der Waals surface area contributed by atoms with Crippen molar-refractivity contribution in [3.63, 3.8) is 0 Å². The number of fused-ring (bicyclic) bond motifs is 3. The topological polar surface area (TPSA) is 89.1 Å². The Morgan fingerprint density at radius 2 is 1.53 bits per heavy atom. The third-order valence-corrected chi connectivity index (χ3v) is 9.45. The number of nitrogens with zero attached hydrogens (tertiary/aromatic N) is 6. The molecule has 1 aromatic heterocycles. The van der Waals surface area contributed by atoms with E-state index in [0.717, 1.165) is 113 Å². The number of carbonyl (C=O) groups excluding carboxylic acids is 1. The van der Waals surface area contributed by atoms with Gasteiger partial charge in [0.15, 0.2) is 5.82 Å². The van der Waals surface area contributed by atoms with Crippen molar-refractivity contribution in [3.8, 4) is 11.4 Å². The van der Waals surface area contributed by atoms with Crippen LogP contribution in [-0.4, -0.2) is 97.4 Å². The summed E-state index contributed by atoms with van der Waals surface area (Å²) in [6.07, 6.45) is 3.29. The highest BCUT2D eigenvalue weighted by Crippen LogP contribution is 2.38. The quantitative estimate of drug-likeness (QED) is 0.445. The molecule has 2 aromatic carbocycles. The average Bonchev–Trinajstić information content (AvgIpc) is 3.28. The number of amides is 2. The van der Waals surface area contributed by atoms with Crippen molar-refractivity contribution in [1.82, 2.24) is 19.8 Å². The Bertz CT molecular complexity index is 1420. The molecule has 3 aromatic rings. The van der Waals surface area contributed by atoms with Crippen molar-refractivity contribution in [3.05, 3.63) is 59.8 Å². The summed E-state index contributed by atoms with van der Waals surface area (Å²) in [4.78, 5) is 32.8. The lowest BCUT2D eigenvalue weighted by atomic mass is 10.0. The van der Waals surface area contributed by atoms with E-state index in [1.165, 1.54) is 11.3 Å². The van der Waals surface area contributed by atoms with E-state index in [0.29, 0.717) is 12.1 Å². The molecule has 2 bridgehead atoms. The van der Waals surface area contributed by atoms with E-state index in [1.807, 2.05) is 36.4 Å². The fourth-order valence-electron chi connectivity index (χ4n) is 6.87. The zero-order valence-electron chi connectivity index (χ0n) is 25.3. The van der Waals surface area contributed by atoms with Crippen LogP contribution < -0.4 is 20.4 Å². The van der Waals surface area contributed by atoms with Gasteiger partial charge in [0, 0.05) is 67.5 Å². The second-order valence-corrected chi connectivity index (χ2v) is 12.2. The van der Waals surface area contributed by atoms with Crippen molar-refractivity contribution in [2.75, 3.05) is 80.0 Å². The summed E-state index contributed by atoms with van der Waals surface area (Å²) in [6.45, 7) is 10.8. The van der Waals surface area contributed by atoms with E-state index in [1.54, 1.807) is 0 Å². The third kappa shape index (κ3) is 5.91. The predicted octanol–water partition coefficient (Wildman–Crippen LogP) is 4.29. The maximum Gasteiger partial charge on any atom is 0.323 e. The van der Waals surface area contributed by atoms with E-state index in [4.69, 9.17) is 14.7 Å². The Kier molecular flexibility index (Phi) is 7.90. The fourth-order valence-corrected chi connectivity index (χ4v) is 6.87. The minimum atomic E-state index is -0.269. The lowest BCUT2D eigenvalue weighted by Gasteiger charge is -2.38. The lowest BCUT2D eigenvalue weighted by Crippen LogP contribution is -2.47. The SMILES string of the molecule is CCN1CCc2c(nc(-c3ccc(NC(=O)Nc4ccc(N5CCN(C)CC5)cc4)cc3)nc2N2C3CCC2COC3)C1. The summed E-state index contributed by atoms with van der Waals surface area (Å²) in [5.74, 6) is 1.85. The first-order valence-corrected chi connectivity index (χ1v) is 15.7. The van der Waals surface area contributed by atoms with Crippen molar-refractivity contribution >= 4 is 28.9 Å². The van der Waals surface area contributed by atoms with E-state index < -0.39 is 0 Å². The van der Waals surface area contributed by atoms with Crippen LogP contribution in [0.25, 0.3) is 11.4 Å². The number of piperazine rings is 1. The zero-order valence-corrected chi connectivity index (χ0v) is 25.3. The molecule has 4 aliphatic rings. The summed E-state index contributed by atoms with van der Waals surface area (Å²) in [6, 6.07) is 16.4. The van der Waals surface area contributed by atoms with Crippen LogP contribution in [0.3, 0.4) is 0 Å². The van der Waals surface area contributed by atoms with Gasteiger partial charge in [-0.25, -0.2) is 14.8 Å². The van der Waals surface area contributed by atoms with Gasteiger partial charge >= 0.3 is 6.03 Å². The lowest BCUT2D eigenvalue weighted by molar-refractivity contribution is 0.0900. The fraction of sp³-hybridized carbons (Fsp3) is 0.485. The summed E-state index contributed by atoms with van der Waals surface area (Å²) >= 11 is 0. The van der Waals surface area contributed by atoms with E-state index >= 15 is 0 Å². The molecule has 5 heterocycles. The number of rotatable bonds is 6. The first kappa shape index (κ1) is 28.1. The normalized spacial score (nSPS) is 22.4. The van der Waals surface area contributed by atoms with Gasteiger partial charge in [-0.15, -0.1) is 0 Å². The van der Waals surface area contributed by atoms with Crippen molar-refractivity contribution in [2.45, 2.75) is 44.8 Å². The maximum absolute atomic E-state index is 12.8. The highest BCUT2D eigenvalue weighted by molar-refractivity contribution is 6.00. The molecule has 0 spiro atoms. The Morgan fingerprint density at radius 3 is 2.19 bits per heavy atom. The highest BCUT2D eigenvalue weighted by Gasteiger charge is 2.40. The molecule has 4 aliphatic heterocycles. The molecule has 0 radical (unpaired) electrons. The van der Waals surface area contributed by atoms with Crippen LogP contribution in [0.1, 0.15) is 31.0 Å². The van der Waals surface area contributed by atoms with Crippen LogP contribution in [0.5, 0.6) is 0 Å². The van der Waals surface area contributed by atoms with Crippen LogP contribution in [0, 0.1) is 0 Å². The Balaban J connectivity index is 1.05. The Morgan fingerprint density at radius 1 is 0.884 bits per heavy atom. The number of hydrogen-bond donors (Lipinski definition) is 2. The van der Waals surface area contributed by atoms with E-state index in [-0.39, 0.29) is 6.03 Å². The van der Waals surface area contributed by atoms with Gasteiger partial charge in [0.1, 0.15) is 5.82 Å². The van der Waals surface area contributed by atoms with Gasteiger partial charge in [-0.3, -0.25) is 4.90 Å². The standard InChI is InChI=1S/C33H42N8O2/c1-3-39-15-14-29-30(20-39)36-31(37-32(29)41-27-12-13-28(41)22-43-21-27)23-4-6-24(7-5-23)34-33(42)35-25-8-10-26(11-9-25)40-18-16-38(2)17-19-40/h4-11,27-28H,3,12-22H2,1-2H3,(H2,34,35,42). The number of carbonyl (C=O) groups is 1. The van der Waals surface area contributed by atoms with Gasteiger partial charge in [-0.1, -0.05) is 6.92 Å². The minimum absolute atomic E-state index is 0.269. The second-order valence-electron chi connectivity index (χ2n) is 12.2. The number of aromatic nitrogens is 2. The maximum atomic E-state index is 12.8. The number of likely N-dealkylation sites (N-methyl/N-ethyl adjacent to an activating group) is 2. The molecule has 0 aliphatic carbocycles.